The molecule has 1 aliphatic rings. The molecule has 1 aliphatic carbocycles. The number of hydrogen-bond donors (Lipinski definition) is 1. The van der Waals surface area contributed by atoms with Crippen LogP contribution in [0.15, 0.2) is 59.6 Å². The van der Waals surface area contributed by atoms with Crippen LogP contribution in [-0.2, 0) is 5.60 Å². The lowest BCUT2D eigenvalue weighted by molar-refractivity contribution is 0.0792. The summed E-state index contributed by atoms with van der Waals surface area (Å²) in [4.78, 5) is 0. The highest BCUT2D eigenvalue weighted by molar-refractivity contribution is 6.29. The molecule has 1 N–H and O–H groups in total. The van der Waals surface area contributed by atoms with E-state index in [1.807, 2.05) is 53.2 Å². The van der Waals surface area contributed by atoms with Gasteiger partial charge in [0.15, 0.2) is 0 Å². The quantitative estimate of drug-likeness (QED) is 0.703. The van der Waals surface area contributed by atoms with Crippen molar-refractivity contribution in [1.82, 2.24) is 15.0 Å². The van der Waals surface area contributed by atoms with Crippen LogP contribution >= 0.6 is 11.6 Å². The third kappa shape index (κ3) is 3.06. The van der Waals surface area contributed by atoms with E-state index in [1.54, 1.807) is 13.8 Å². The van der Waals surface area contributed by atoms with Crippen LogP contribution in [0.3, 0.4) is 0 Å². The van der Waals surface area contributed by atoms with Gasteiger partial charge in [0.25, 0.3) is 0 Å². The SMILES string of the molecule is CC(C)(O)c1ccccc1-c1ccc2nnn(C3=CC=C(Cl)CC3)c2c1. The summed E-state index contributed by atoms with van der Waals surface area (Å²) in [6, 6.07) is 14.0. The van der Waals surface area contributed by atoms with Crippen molar-refractivity contribution in [2.24, 2.45) is 0 Å². The van der Waals surface area contributed by atoms with E-state index in [2.05, 4.69) is 16.4 Å². The van der Waals surface area contributed by atoms with Gasteiger partial charge in [-0.1, -0.05) is 47.1 Å². The van der Waals surface area contributed by atoms with Crippen LogP contribution in [0, 0.1) is 0 Å². The Morgan fingerprint density at radius 1 is 1.08 bits per heavy atom. The number of allylic oxidation sites excluding steroid dienone is 4. The molecule has 5 heteroatoms. The monoisotopic (exact) mass is 365 g/mol. The normalized spacial score (nSPS) is 15.1. The number of fused-ring (bicyclic) bond motifs is 1. The summed E-state index contributed by atoms with van der Waals surface area (Å²) in [7, 11) is 0. The number of aromatic nitrogens is 3. The molecule has 0 saturated heterocycles. The highest BCUT2D eigenvalue weighted by Gasteiger charge is 2.21. The largest absolute Gasteiger partial charge is 0.386 e. The number of nitrogens with zero attached hydrogens (tertiary/aromatic N) is 3. The Balaban J connectivity index is 1.86. The lowest BCUT2D eigenvalue weighted by Crippen LogP contribution is -2.16. The molecule has 1 heterocycles. The molecule has 4 rings (SSSR count). The number of benzene rings is 2. The van der Waals surface area contributed by atoms with Gasteiger partial charge in [-0.3, -0.25) is 0 Å². The first-order valence-corrected chi connectivity index (χ1v) is 9.04. The van der Waals surface area contributed by atoms with Gasteiger partial charge in [0, 0.05) is 10.7 Å². The average molecular weight is 366 g/mol. The van der Waals surface area contributed by atoms with Crippen LogP contribution in [0.25, 0.3) is 27.9 Å². The maximum atomic E-state index is 10.5. The fraction of sp³-hybridized carbons (Fsp3) is 0.238. The summed E-state index contributed by atoms with van der Waals surface area (Å²) in [5, 5.41) is 20.0. The highest BCUT2D eigenvalue weighted by atomic mass is 35.5. The minimum atomic E-state index is -0.919. The number of hydrogen-bond acceptors (Lipinski definition) is 3. The molecule has 0 bridgehead atoms. The van der Waals surface area contributed by atoms with Crippen molar-refractivity contribution in [3.63, 3.8) is 0 Å². The van der Waals surface area contributed by atoms with Gasteiger partial charge in [-0.05, 0) is 67.7 Å². The zero-order valence-corrected chi connectivity index (χ0v) is 15.5. The Kier molecular flexibility index (Phi) is 4.17. The number of halogens is 1. The van der Waals surface area contributed by atoms with Crippen LogP contribution in [0.5, 0.6) is 0 Å². The molecule has 26 heavy (non-hydrogen) atoms. The van der Waals surface area contributed by atoms with Crippen LogP contribution in [0.2, 0.25) is 0 Å². The van der Waals surface area contributed by atoms with Gasteiger partial charge in [-0.15, -0.1) is 5.10 Å². The molecule has 0 aliphatic heterocycles. The van der Waals surface area contributed by atoms with E-state index in [4.69, 9.17) is 11.6 Å². The van der Waals surface area contributed by atoms with Crippen LogP contribution < -0.4 is 0 Å². The second-order valence-corrected chi connectivity index (χ2v) is 7.57. The van der Waals surface area contributed by atoms with Crippen molar-refractivity contribution in [1.29, 1.82) is 0 Å². The summed E-state index contributed by atoms with van der Waals surface area (Å²) in [5.41, 5.74) is 4.88. The second kappa shape index (κ2) is 6.38. The van der Waals surface area contributed by atoms with Gasteiger partial charge < -0.3 is 5.11 Å². The zero-order chi connectivity index (χ0) is 18.3. The lowest BCUT2D eigenvalue weighted by Gasteiger charge is -2.22. The standard InChI is InChI=1S/C21H20ClN3O/c1-21(2,26)18-6-4-3-5-17(18)14-7-12-19-20(13-14)25(24-23-19)16-10-8-15(22)9-11-16/h3-8,10,12-13,26H,9,11H2,1-2H3. The molecule has 0 amide bonds. The predicted molar refractivity (Wildman–Crippen MR) is 106 cm³/mol. The number of aliphatic hydroxyl groups is 1. The lowest BCUT2D eigenvalue weighted by atomic mass is 9.89. The maximum absolute atomic E-state index is 10.5. The van der Waals surface area contributed by atoms with Gasteiger partial charge in [-0.25, -0.2) is 4.68 Å². The van der Waals surface area contributed by atoms with E-state index < -0.39 is 5.60 Å². The predicted octanol–water partition coefficient (Wildman–Crippen LogP) is 5.08. The summed E-state index contributed by atoms with van der Waals surface area (Å²) in [6.07, 6.45) is 5.56. The third-order valence-corrected chi connectivity index (χ3v) is 5.01. The van der Waals surface area contributed by atoms with Gasteiger partial charge in [0.05, 0.1) is 11.1 Å². The minimum absolute atomic E-state index is 0.815. The second-order valence-electron chi connectivity index (χ2n) is 7.08. The molecule has 0 spiro atoms. The van der Waals surface area contributed by atoms with E-state index in [1.165, 1.54) is 0 Å². The molecule has 4 nitrogen and oxygen atoms in total. The molecule has 0 atom stereocenters. The van der Waals surface area contributed by atoms with E-state index in [0.717, 1.165) is 51.3 Å². The Labute approximate surface area is 157 Å². The highest BCUT2D eigenvalue weighted by Crippen LogP contribution is 2.34. The molecule has 1 aromatic heterocycles. The summed E-state index contributed by atoms with van der Waals surface area (Å²) in [5.74, 6) is 0. The van der Waals surface area contributed by atoms with E-state index in [0.29, 0.717) is 0 Å². The summed E-state index contributed by atoms with van der Waals surface area (Å²) >= 11 is 6.07. The van der Waals surface area contributed by atoms with Gasteiger partial charge >= 0.3 is 0 Å². The van der Waals surface area contributed by atoms with E-state index >= 15 is 0 Å². The molecule has 0 fully saturated rings. The van der Waals surface area contributed by atoms with Crippen LogP contribution in [0.4, 0.5) is 0 Å². The molecular weight excluding hydrogens is 346 g/mol. The molecular formula is C21H20ClN3O. The summed E-state index contributed by atoms with van der Waals surface area (Å²) < 4.78 is 1.88. The minimum Gasteiger partial charge on any atom is -0.386 e. The average Bonchev–Trinajstić information content (AvgIpc) is 3.05. The Hall–Kier alpha value is -2.43. The molecule has 132 valence electrons. The molecule has 0 radical (unpaired) electrons. The first-order valence-electron chi connectivity index (χ1n) is 8.67. The first kappa shape index (κ1) is 17.0. The fourth-order valence-corrected chi connectivity index (χ4v) is 3.50. The van der Waals surface area contributed by atoms with Crippen molar-refractivity contribution in [2.45, 2.75) is 32.3 Å². The molecule has 2 aromatic carbocycles. The van der Waals surface area contributed by atoms with Gasteiger partial charge in [0.2, 0.25) is 0 Å². The van der Waals surface area contributed by atoms with Crippen molar-refractivity contribution >= 4 is 28.3 Å². The Bertz CT molecular complexity index is 1040. The molecule has 0 saturated carbocycles. The topological polar surface area (TPSA) is 50.9 Å². The molecule has 3 aromatic rings. The summed E-state index contributed by atoms with van der Waals surface area (Å²) in [6.45, 7) is 3.61. The van der Waals surface area contributed by atoms with Crippen LogP contribution in [0.1, 0.15) is 32.3 Å². The smallest absolute Gasteiger partial charge is 0.113 e. The zero-order valence-electron chi connectivity index (χ0n) is 14.8. The first-order chi connectivity index (χ1) is 12.4. The fourth-order valence-electron chi connectivity index (χ4n) is 3.34. The Morgan fingerprint density at radius 2 is 1.88 bits per heavy atom. The third-order valence-electron chi connectivity index (χ3n) is 4.69. The van der Waals surface area contributed by atoms with Crippen molar-refractivity contribution < 1.29 is 5.11 Å². The maximum Gasteiger partial charge on any atom is 0.113 e. The van der Waals surface area contributed by atoms with Gasteiger partial charge in [0.1, 0.15) is 5.52 Å². The van der Waals surface area contributed by atoms with Gasteiger partial charge in [-0.2, -0.15) is 0 Å². The van der Waals surface area contributed by atoms with E-state index in [9.17, 15) is 5.11 Å². The number of rotatable bonds is 3. The van der Waals surface area contributed by atoms with Crippen LogP contribution in [-0.4, -0.2) is 20.1 Å². The van der Waals surface area contributed by atoms with Crippen molar-refractivity contribution in [3.05, 3.63) is 65.2 Å². The Morgan fingerprint density at radius 3 is 2.62 bits per heavy atom. The van der Waals surface area contributed by atoms with Crippen molar-refractivity contribution in [2.75, 3.05) is 0 Å². The van der Waals surface area contributed by atoms with E-state index in [-0.39, 0.29) is 0 Å². The van der Waals surface area contributed by atoms with Crippen molar-refractivity contribution in [3.8, 4) is 11.1 Å². The molecule has 0 unspecified atom stereocenters.